The third-order valence-electron chi connectivity index (χ3n) is 18.6. The minimum Gasteiger partial charge on any atom is -0.481 e. The zero-order valence-corrected chi connectivity index (χ0v) is 59.8. The fraction of sp³-hybridized carbons (Fsp3) is 0.944. The number of hydrogen-bond acceptors (Lipinski definition) is 16. The highest BCUT2D eigenvalue weighted by molar-refractivity contribution is 7.46. The number of ether oxygens (including phenoxy) is 5. The van der Waals surface area contributed by atoms with Gasteiger partial charge in [-0.05, 0) is 38.5 Å². The summed E-state index contributed by atoms with van der Waals surface area (Å²) in [5, 5.41) is 70.7. The van der Waals surface area contributed by atoms with Crippen LogP contribution in [0, 0.1) is 0 Å². The highest BCUT2D eigenvalue weighted by Crippen LogP contribution is 2.42. The fourth-order valence-corrected chi connectivity index (χ4v) is 13.4. The molecule has 0 saturated carbocycles. The fourth-order valence-electron chi connectivity index (χ4n) is 12.8. The zero-order valence-electron chi connectivity index (χ0n) is 58.9. The quantitative estimate of drug-likeness (QED) is 0.0154. The molecule has 0 aromatic rings. The molecular formula is C72H137N2O19P. The van der Waals surface area contributed by atoms with Gasteiger partial charge in [-0.3, -0.25) is 23.7 Å². The van der Waals surface area contributed by atoms with Gasteiger partial charge in [0.25, 0.3) is 0 Å². The van der Waals surface area contributed by atoms with E-state index in [4.69, 9.17) is 33.3 Å². The number of carbonyl (C=O) groups excluding carboxylic acids is 3. The summed E-state index contributed by atoms with van der Waals surface area (Å²) in [7, 11) is -5.33. The summed E-state index contributed by atoms with van der Waals surface area (Å²) in [6.07, 6.45) is 33.3. The number of aliphatic hydroxyl groups is 5. The van der Waals surface area contributed by atoms with Gasteiger partial charge in [-0.25, -0.2) is 4.57 Å². The summed E-state index contributed by atoms with van der Waals surface area (Å²) in [5.41, 5.74) is 0. The Labute approximate surface area is 567 Å². The normalized spacial score (nSPS) is 22.3. The van der Waals surface area contributed by atoms with Crippen molar-refractivity contribution in [3.05, 3.63) is 0 Å². The van der Waals surface area contributed by atoms with Crippen LogP contribution in [0.5, 0.6) is 0 Å². The molecule has 12 atom stereocenters. The number of hydrogen-bond donors (Lipinski definition) is 10. The Morgan fingerprint density at radius 2 is 0.830 bits per heavy atom. The van der Waals surface area contributed by atoms with Crippen molar-refractivity contribution < 1.29 is 92.4 Å². The molecule has 2 fully saturated rings. The molecule has 2 saturated heterocycles. The van der Waals surface area contributed by atoms with Gasteiger partial charge in [-0.15, -0.1) is 0 Å². The SMILES string of the molecule is CCCCCCCCCCCC(=O)O[C@H](CCCCCCCCCCC)CC(=O)N[C@H]1[C@H](OC[C@H]2O[C@H](OCCCCCCCCCCCCCCCCCCCC(=O)O)[C@H](NC(=O)C[C@H](O)CCCCCCCCCCC)[C@@H](O)[C@@H]2O)O[C@H](CO)[C@@H](OP(=O)(O)O)[C@@H]1O. The Bertz CT molecular complexity index is 1900. The van der Waals surface area contributed by atoms with Gasteiger partial charge in [0.15, 0.2) is 12.6 Å². The van der Waals surface area contributed by atoms with Crippen LogP contribution in [0.4, 0.5) is 0 Å². The summed E-state index contributed by atoms with van der Waals surface area (Å²) in [5.74, 6) is -2.42. The van der Waals surface area contributed by atoms with Crippen LogP contribution in [0.1, 0.15) is 342 Å². The molecule has 10 N–H and O–H groups in total. The Hall–Kier alpha value is -2.37. The monoisotopic (exact) mass is 1360 g/mol. The van der Waals surface area contributed by atoms with E-state index in [9.17, 15) is 59.1 Å². The first-order valence-electron chi connectivity index (χ1n) is 38.1. The van der Waals surface area contributed by atoms with Crippen molar-refractivity contribution >= 4 is 31.6 Å². The average molecular weight is 1370 g/mol. The Kier molecular flexibility index (Phi) is 53.6. The first-order chi connectivity index (χ1) is 45.4. The molecule has 94 heavy (non-hydrogen) atoms. The van der Waals surface area contributed by atoms with Crippen LogP contribution in [0.25, 0.3) is 0 Å². The Balaban J connectivity index is 2.17. The number of phosphoric acid groups is 1. The number of carbonyl (C=O) groups is 4. The second-order valence-electron chi connectivity index (χ2n) is 27.3. The zero-order chi connectivity index (χ0) is 68.9. The molecule has 0 spiro atoms. The minimum atomic E-state index is -5.33. The molecular weight excluding hydrogens is 1230 g/mol. The van der Waals surface area contributed by atoms with Crippen LogP contribution in [0.3, 0.4) is 0 Å². The molecule has 22 heteroatoms. The van der Waals surface area contributed by atoms with Gasteiger partial charge in [0.1, 0.15) is 54.8 Å². The van der Waals surface area contributed by atoms with Crippen LogP contribution in [0.2, 0.25) is 0 Å². The Morgan fingerprint density at radius 1 is 0.457 bits per heavy atom. The van der Waals surface area contributed by atoms with Crippen molar-refractivity contribution in [2.24, 2.45) is 0 Å². The molecule has 2 aliphatic heterocycles. The van der Waals surface area contributed by atoms with Crippen molar-refractivity contribution in [1.82, 2.24) is 10.6 Å². The van der Waals surface area contributed by atoms with Gasteiger partial charge in [-0.2, -0.15) is 0 Å². The molecule has 2 amide bonds. The van der Waals surface area contributed by atoms with Crippen molar-refractivity contribution in [3.8, 4) is 0 Å². The van der Waals surface area contributed by atoms with Gasteiger partial charge in [0, 0.05) is 19.4 Å². The topological polar surface area (TPSA) is 327 Å². The van der Waals surface area contributed by atoms with E-state index in [-0.39, 0.29) is 32.3 Å². The van der Waals surface area contributed by atoms with Gasteiger partial charge in [0.2, 0.25) is 11.8 Å². The highest BCUT2D eigenvalue weighted by atomic mass is 31.2. The summed E-state index contributed by atoms with van der Waals surface area (Å²) >= 11 is 0. The molecule has 21 nitrogen and oxygen atoms in total. The number of unbranched alkanes of at least 4 members (excludes halogenated alkanes) is 40. The molecule has 0 radical (unpaired) electrons. The molecule has 0 bridgehead atoms. The largest absolute Gasteiger partial charge is 0.481 e. The molecule has 554 valence electrons. The first-order valence-corrected chi connectivity index (χ1v) is 39.6. The summed E-state index contributed by atoms with van der Waals surface area (Å²) in [4.78, 5) is 71.5. The molecule has 0 aliphatic carbocycles. The Morgan fingerprint density at radius 3 is 1.27 bits per heavy atom. The lowest BCUT2D eigenvalue weighted by Gasteiger charge is -2.45. The third kappa shape index (κ3) is 44.6. The van der Waals surface area contributed by atoms with Crippen LogP contribution in [-0.2, 0) is 52.0 Å². The number of phosphoric ester groups is 1. The van der Waals surface area contributed by atoms with E-state index in [0.29, 0.717) is 32.1 Å². The van der Waals surface area contributed by atoms with E-state index < -0.39 is 118 Å². The van der Waals surface area contributed by atoms with Crippen LogP contribution in [0.15, 0.2) is 0 Å². The maximum atomic E-state index is 14.2. The lowest BCUT2D eigenvalue weighted by molar-refractivity contribution is -0.302. The van der Waals surface area contributed by atoms with Crippen LogP contribution >= 0.6 is 7.82 Å². The van der Waals surface area contributed by atoms with Gasteiger partial charge < -0.3 is 74.7 Å². The van der Waals surface area contributed by atoms with Crippen molar-refractivity contribution in [1.29, 1.82) is 0 Å². The summed E-state index contributed by atoms with van der Waals surface area (Å²) < 4.78 is 47.8. The molecule has 2 rings (SSSR count). The van der Waals surface area contributed by atoms with Gasteiger partial charge >= 0.3 is 19.8 Å². The van der Waals surface area contributed by atoms with Gasteiger partial charge in [-0.1, -0.05) is 278 Å². The third-order valence-corrected chi connectivity index (χ3v) is 19.1. The van der Waals surface area contributed by atoms with E-state index >= 15 is 0 Å². The van der Waals surface area contributed by atoms with E-state index in [1.807, 2.05) is 0 Å². The number of aliphatic hydroxyl groups excluding tert-OH is 5. The number of rotatable bonds is 64. The number of carboxylic acid groups (broad SMARTS) is 1. The lowest BCUT2D eigenvalue weighted by Crippen LogP contribution is -2.67. The van der Waals surface area contributed by atoms with Crippen LogP contribution in [-0.4, -0.2) is 157 Å². The van der Waals surface area contributed by atoms with Crippen molar-refractivity contribution in [3.63, 3.8) is 0 Å². The van der Waals surface area contributed by atoms with E-state index in [1.165, 1.54) is 141 Å². The standard InChI is InChI=1S/C72H137N2O19P/c1-4-7-10-13-16-28-33-38-43-48-57(76)53-61(77)73-65-68(83)67(82)60(92-71(65)88-52-47-42-37-32-27-25-23-21-19-20-22-24-26-31-35-40-45-50-63(79)80)56-89-72-66(69(84)70(59(55-75)91-72)93-94(85,86)87)74-62(78)54-58(49-44-39-34-29-17-14-11-8-5-2)90-64(81)51-46-41-36-30-18-15-12-9-6-3/h57-60,65-72,75-76,82-84H,4-56H2,1-3H3,(H,73,77)(H,74,78)(H,79,80)(H2,85,86,87)/t57-,58-,59-,60-,65-,66-,67-,68-,69-,70-,71+,72-/m1/s1. The maximum Gasteiger partial charge on any atom is 0.470 e. The lowest BCUT2D eigenvalue weighted by atomic mass is 9.95. The predicted octanol–water partition coefficient (Wildman–Crippen LogP) is 13.9. The second kappa shape index (κ2) is 57.4. The summed E-state index contributed by atoms with van der Waals surface area (Å²) in [6, 6.07) is -2.89. The van der Waals surface area contributed by atoms with Gasteiger partial charge in [0.05, 0.1) is 32.2 Å². The molecule has 0 aromatic carbocycles. The average Bonchev–Trinajstić information content (AvgIpc) is 0.807. The predicted molar refractivity (Wildman–Crippen MR) is 367 cm³/mol. The second-order valence-corrected chi connectivity index (χ2v) is 28.5. The molecule has 2 heterocycles. The van der Waals surface area contributed by atoms with E-state index in [1.54, 1.807) is 0 Å². The number of amides is 2. The van der Waals surface area contributed by atoms with Crippen LogP contribution < -0.4 is 10.6 Å². The minimum absolute atomic E-state index is 0.180. The summed E-state index contributed by atoms with van der Waals surface area (Å²) in [6.45, 7) is 5.26. The highest BCUT2D eigenvalue weighted by Gasteiger charge is 2.51. The molecule has 0 aromatic heterocycles. The van der Waals surface area contributed by atoms with Crippen molar-refractivity contribution in [2.75, 3.05) is 19.8 Å². The van der Waals surface area contributed by atoms with Crippen molar-refractivity contribution in [2.45, 2.75) is 415 Å². The number of nitrogens with one attached hydrogen (secondary N) is 2. The van der Waals surface area contributed by atoms with E-state index in [0.717, 1.165) is 122 Å². The number of esters is 1. The molecule has 2 aliphatic rings. The molecule has 0 unspecified atom stereocenters. The first kappa shape index (κ1) is 87.7. The number of carboxylic acids is 1. The number of aliphatic carboxylic acids is 1. The van der Waals surface area contributed by atoms with E-state index in [2.05, 4.69) is 31.4 Å². The smallest absolute Gasteiger partial charge is 0.470 e. The maximum absolute atomic E-state index is 14.2.